The number of hydrogen-bond acceptors (Lipinski definition) is 6. The van der Waals surface area contributed by atoms with E-state index in [1.54, 1.807) is 41.6 Å². The zero-order valence-electron chi connectivity index (χ0n) is 18.3. The van der Waals surface area contributed by atoms with Gasteiger partial charge in [0.2, 0.25) is 5.95 Å². The normalized spacial score (nSPS) is 18.6. The van der Waals surface area contributed by atoms with Gasteiger partial charge in [-0.25, -0.2) is 19.9 Å². The van der Waals surface area contributed by atoms with Crippen molar-refractivity contribution >= 4 is 23.5 Å². The number of benzene rings is 1. The van der Waals surface area contributed by atoms with E-state index in [-0.39, 0.29) is 30.4 Å². The number of amides is 1. The van der Waals surface area contributed by atoms with E-state index in [1.807, 2.05) is 6.92 Å². The zero-order chi connectivity index (χ0) is 24.3. The molecule has 2 atom stereocenters. The molecule has 178 valence electrons. The first-order chi connectivity index (χ1) is 16.3. The molecular formula is C23H22ClF3N6O. The lowest BCUT2D eigenvalue weighted by molar-refractivity contribution is -0.138. The number of likely N-dealkylation sites (tertiary alicyclic amines) is 1. The summed E-state index contributed by atoms with van der Waals surface area (Å²) in [5.74, 6) is 0.346. The van der Waals surface area contributed by atoms with E-state index in [1.165, 1.54) is 0 Å². The smallest absolute Gasteiger partial charge is 0.352 e. The van der Waals surface area contributed by atoms with Gasteiger partial charge in [0.15, 0.2) is 5.82 Å². The molecule has 1 aliphatic rings. The highest BCUT2D eigenvalue weighted by molar-refractivity contribution is 6.34. The molecule has 3 heterocycles. The van der Waals surface area contributed by atoms with Crippen LogP contribution in [0.15, 0.2) is 49.1 Å². The van der Waals surface area contributed by atoms with Crippen molar-refractivity contribution in [2.45, 2.75) is 32.0 Å². The van der Waals surface area contributed by atoms with Crippen LogP contribution in [0, 0.1) is 5.92 Å². The minimum absolute atomic E-state index is 0.0642. The van der Waals surface area contributed by atoms with Crippen LogP contribution in [-0.4, -0.2) is 49.9 Å². The third kappa shape index (κ3) is 5.11. The van der Waals surface area contributed by atoms with Gasteiger partial charge in [-0.1, -0.05) is 30.7 Å². The van der Waals surface area contributed by atoms with E-state index < -0.39 is 11.7 Å². The molecule has 1 saturated heterocycles. The molecule has 1 aromatic carbocycles. The highest BCUT2D eigenvalue weighted by atomic mass is 35.5. The molecule has 7 nitrogen and oxygen atoms in total. The van der Waals surface area contributed by atoms with Crippen LogP contribution in [0.2, 0.25) is 5.02 Å². The van der Waals surface area contributed by atoms with Crippen molar-refractivity contribution < 1.29 is 18.0 Å². The fourth-order valence-electron chi connectivity index (χ4n) is 4.08. The van der Waals surface area contributed by atoms with Crippen molar-refractivity contribution in [2.75, 3.05) is 18.4 Å². The van der Waals surface area contributed by atoms with Crippen molar-refractivity contribution in [3.63, 3.8) is 0 Å². The number of anilines is 1. The van der Waals surface area contributed by atoms with E-state index >= 15 is 0 Å². The number of aromatic nitrogens is 4. The Morgan fingerprint density at radius 3 is 2.53 bits per heavy atom. The number of hydrogen-bond donors (Lipinski definition) is 1. The number of halogens is 4. The Morgan fingerprint density at radius 2 is 1.85 bits per heavy atom. The van der Waals surface area contributed by atoms with Gasteiger partial charge in [0.1, 0.15) is 0 Å². The Hall–Kier alpha value is -3.27. The van der Waals surface area contributed by atoms with Gasteiger partial charge in [0.05, 0.1) is 22.2 Å². The first kappa shape index (κ1) is 23.9. The number of rotatable bonds is 5. The minimum Gasteiger partial charge on any atom is -0.352 e. The van der Waals surface area contributed by atoms with Gasteiger partial charge < -0.3 is 10.2 Å². The molecule has 11 heteroatoms. The summed E-state index contributed by atoms with van der Waals surface area (Å²) in [7, 11) is 0. The Morgan fingerprint density at radius 1 is 1.15 bits per heavy atom. The highest BCUT2D eigenvalue weighted by Crippen LogP contribution is 2.32. The number of nitrogens with one attached hydrogen (secondary N) is 1. The molecule has 1 fully saturated rings. The Kier molecular flexibility index (Phi) is 6.97. The van der Waals surface area contributed by atoms with Crippen LogP contribution in [-0.2, 0) is 6.18 Å². The standard InChI is InChI=1S/C23H22ClF3N6O/c1-14-5-3-10-33(18(14)13-32-22-30-11-15(12-31-22)23(25,26)27)21(34)19-16(6-2-7-17(19)24)20-28-8-4-9-29-20/h2,4,6-9,11-12,14,18H,3,5,10,13H2,1H3,(H,30,31,32). The van der Waals surface area contributed by atoms with Gasteiger partial charge >= 0.3 is 6.18 Å². The van der Waals surface area contributed by atoms with Crippen molar-refractivity contribution in [2.24, 2.45) is 5.92 Å². The number of carbonyl (C=O) groups excluding carboxylic acids is 1. The van der Waals surface area contributed by atoms with Crippen molar-refractivity contribution in [3.05, 3.63) is 65.2 Å². The maximum absolute atomic E-state index is 13.7. The fraction of sp³-hybridized carbons (Fsp3) is 0.348. The van der Waals surface area contributed by atoms with E-state index in [9.17, 15) is 18.0 Å². The molecular weight excluding hydrogens is 469 g/mol. The summed E-state index contributed by atoms with van der Waals surface area (Å²) in [6, 6.07) is 6.59. The summed E-state index contributed by atoms with van der Waals surface area (Å²) in [4.78, 5) is 31.5. The Bertz CT molecular complexity index is 1140. The summed E-state index contributed by atoms with van der Waals surface area (Å²) in [5.41, 5.74) is -0.0652. The molecule has 0 bridgehead atoms. The van der Waals surface area contributed by atoms with Crippen molar-refractivity contribution in [1.29, 1.82) is 0 Å². The summed E-state index contributed by atoms with van der Waals surface area (Å²) in [6.45, 7) is 2.83. The van der Waals surface area contributed by atoms with Gasteiger partial charge in [-0.3, -0.25) is 4.79 Å². The molecule has 0 radical (unpaired) electrons. The molecule has 1 N–H and O–H groups in total. The first-order valence-corrected chi connectivity index (χ1v) is 11.1. The quantitative estimate of drug-likeness (QED) is 0.544. The van der Waals surface area contributed by atoms with Gasteiger partial charge in [-0.15, -0.1) is 0 Å². The lowest BCUT2D eigenvalue weighted by atomic mass is 9.89. The second-order valence-electron chi connectivity index (χ2n) is 8.09. The largest absolute Gasteiger partial charge is 0.419 e. The Balaban J connectivity index is 1.58. The SMILES string of the molecule is CC1CCCN(C(=O)c2c(Cl)cccc2-c2ncccn2)C1CNc1ncc(C(F)(F)F)cn1. The fourth-order valence-corrected chi connectivity index (χ4v) is 4.34. The molecule has 0 aliphatic carbocycles. The molecule has 1 aliphatic heterocycles. The maximum atomic E-state index is 13.7. The van der Waals surface area contributed by atoms with Crippen LogP contribution in [0.5, 0.6) is 0 Å². The van der Waals surface area contributed by atoms with Crippen LogP contribution < -0.4 is 5.32 Å². The molecule has 1 amide bonds. The van der Waals surface area contributed by atoms with Crippen LogP contribution in [0.3, 0.4) is 0 Å². The molecule has 3 aromatic rings. The second kappa shape index (κ2) is 9.92. The average Bonchev–Trinajstić information content (AvgIpc) is 2.83. The summed E-state index contributed by atoms with van der Waals surface area (Å²) < 4.78 is 38.3. The molecule has 2 unspecified atom stereocenters. The third-order valence-electron chi connectivity index (χ3n) is 5.86. The lowest BCUT2D eigenvalue weighted by Gasteiger charge is -2.40. The molecule has 2 aromatic heterocycles. The van der Waals surface area contributed by atoms with Gasteiger partial charge in [0.25, 0.3) is 5.91 Å². The lowest BCUT2D eigenvalue weighted by Crippen LogP contribution is -2.51. The zero-order valence-corrected chi connectivity index (χ0v) is 19.0. The van der Waals surface area contributed by atoms with Crippen molar-refractivity contribution in [1.82, 2.24) is 24.8 Å². The summed E-state index contributed by atoms with van der Waals surface area (Å²) >= 11 is 6.47. The maximum Gasteiger partial charge on any atom is 0.419 e. The summed E-state index contributed by atoms with van der Waals surface area (Å²) in [6.07, 6.45) is 1.88. The van der Waals surface area contributed by atoms with Gasteiger partial charge in [0, 0.05) is 43.4 Å². The van der Waals surface area contributed by atoms with E-state index in [0.717, 1.165) is 25.2 Å². The first-order valence-electron chi connectivity index (χ1n) is 10.8. The van der Waals surface area contributed by atoms with Crippen LogP contribution in [0.1, 0.15) is 35.7 Å². The van der Waals surface area contributed by atoms with Crippen LogP contribution >= 0.6 is 11.6 Å². The van der Waals surface area contributed by atoms with E-state index in [2.05, 4.69) is 25.3 Å². The van der Waals surface area contributed by atoms with E-state index in [0.29, 0.717) is 28.5 Å². The molecule has 0 saturated carbocycles. The summed E-state index contributed by atoms with van der Waals surface area (Å²) in [5, 5.41) is 3.28. The number of nitrogens with zero attached hydrogens (tertiary/aromatic N) is 5. The van der Waals surface area contributed by atoms with Crippen LogP contribution in [0.25, 0.3) is 11.4 Å². The minimum atomic E-state index is -4.51. The monoisotopic (exact) mass is 490 g/mol. The molecule has 34 heavy (non-hydrogen) atoms. The predicted molar refractivity (Wildman–Crippen MR) is 121 cm³/mol. The second-order valence-corrected chi connectivity index (χ2v) is 8.50. The van der Waals surface area contributed by atoms with Gasteiger partial charge in [-0.05, 0) is 30.9 Å². The van der Waals surface area contributed by atoms with Crippen molar-refractivity contribution in [3.8, 4) is 11.4 Å². The third-order valence-corrected chi connectivity index (χ3v) is 6.17. The topological polar surface area (TPSA) is 83.9 Å². The molecule has 4 rings (SSSR count). The number of piperidine rings is 1. The number of alkyl halides is 3. The Labute approximate surface area is 199 Å². The number of carbonyl (C=O) groups is 1. The molecule has 0 spiro atoms. The van der Waals surface area contributed by atoms with Gasteiger partial charge in [-0.2, -0.15) is 13.2 Å². The average molecular weight is 491 g/mol. The highest BCUT2D eigenvalue weighted by Gasteiger charge is 2.35. The predicted octanol–water partition coefficient (Wildman–Crippen LogP) is 4.96. The van der Waals surface area contributed by atoms with E-state index in [4.69, 9.17) is 11.6 Å². The van der Waals surface area contributed by atoms with Crippen LogP contribution in [0.4, 0.5) is 19.1 Å².